The third kappa shape index (κ3) is 1.25. The zero-order valence-electron chi connectivity index (χ0n) is 7.08. The minimum Gasteiger partial charge on any atom is -0.466 e. The Hall–Kier alpha value is -0.830. The molecule has 0 aliphatic carbocycles. The maximum Gasteiger partial charge on any atom is 0.330 e. The molecule has 2 fully saturated rings. The Morgan fingerprint density at radius 2 is 2.50 bits per heavy atom. The Morgan fingerprint density at radius 3 is 3.00 bits per heavy atom. The van der Waals surface area contributed by atoms with Gasteiger partial charge in [-0.3, -0.25) is 0 Å². The first kappa shape index (κ1) is 7.80. The fraction of sp³-hybridized carbons (Fsp3) is 0.667. The van der Waals surface area contributed by atoms with Gasteiger partial charge >= 0.3 is 5.97 Å². The molecule has 2 atom stereocenters. The number of carbonyl (C=O) groups excluding carboxylic acids is 1. The van der Waals surface area contributed by atoms with E-state index in [1.165, 1.54) is 7.11 Å². The highest BCUT2D eigenvalue weighted by molar-refractivity contribution is 5.83. The van der Waals surface area contributed by atoms with Gasteiger partial charge in [0.25, 0.3) is 0 Å². The fourth-order valence-electron chi connectivity index (χ4n) is 1.89. The topological polar surface area (TPSA) is 35.5 Å². The van der Waals surface area contributed by atoms with E-state index in [0.29, 0.717) is 6.10 Å². The molecule has 0 N–H and O–H groups in total. The molecule has 0 amide bonds. The van der Waals surface area contributed by atoms with Crippen LogP contribution >= 0.6 is 0 Å². The predicted octanol–water partition coefficient (Wildman–Crippen LogP) is 1.04. The maximum absolute atomic E-state index is 10.9. The van der Waals surface area contributed by atoms with Gasteiger partial charge in [0.2, 0.25) is 0 Å². The molecule has 0 aromatic rings. The van der Waals surface area contributed by atoms with Crippen LogP contribution < -0.4 is 0 Å². The number of carbonyl (C=O) groups is 1. The van der Waals surface area contributed by atoms with Gasteiger partial charge in [-0.1, -0.05) is 0 Å². The van der Waals surface area contributed by atoms with Crippen molar-refractivity contribution < 1.29 is 14.3 Å². The Balaban J connectivity index is 2.06. The van der Waals surface area contributed by atoms with E-state index in [0.717, 1.165) is 24.8 Å². The molecule has 2 aliphatic heterocycles. The van der Waals surface area contributed by atoms with Crippen LogP contribution in [-0.4, -0.2) is 25.3 Å². The lowest BCUT2D eigenvalue weighted by Crippen LogP contribution is -2.08. The average Bonchev–Trinajstić information content (AvgIpc) is 2.64. The highest BCUT2D eigenvalue weighted by atomic mass is 16.5. The molecule has 0 radical (unpaired) electrons. The van der Waals surface area contributed by atoms with Gasteiger partial charge in [-0.2, -0.15) is 0 Å². The largest absolute Gasteiger partial charge is 0.466 e. The van der Waals surface area contributed by atoms with Gasteiger partial charge in [0.05, 0.1) is 19.3 Å². The van der Waals surface area contributed by atoms with Crippen molar-refractivity contribution in [1.82, 2.24) is 0 Å². The summed E-state index contributed by atoms with van der Waals surface area (Å²) in [7, 11) is 1.40. The van der Waals surface area contributed by atoms with Gasteiger partial charge in [0.15, 0.2) is 0 Å². The van der Waals surface area contributed by atoms with Crippen molar-refractivity contribution in [3.05, 3.63) is 11.6 Å². The second kappa shape index (κ2) is 2.90. The van der Waals surface area contributed by atoms with Crippen molar-refractivity contribution in [2.45, 2.75) is 31.5 Å². The molecule has 2 bridgehead atoms. The summed E-state index contributed by atoms with van der Waals surface area (Å²) in [6, 6.07) is 0. The Labute approximate surface area is 71.3 Å². The molecule has 66 valence electrons. The van der Waals surface area contributed by atoms with Crippen LogP contribution in [0.5, 0.6) is 0 Å². The van der Waals surface area contributed by atoms with Crippen LogP contribution in [0.2, 0.25) is 0 Å². The Morgan fingerprint density at radius 1 is 1.67 bits per heavy atom. The third-order valence-electron chi connectivity index (χ3n) is 2.49. The molecule has 2 saturated heterocycles. The highest BCUT2D eigenvalue weighted by Crippen LogP contribution is 2.38. The molecule has 12 heavy (non-hydrogen) atoms. The lowest BCUT2D eigenvalue weighted by atomic mass is 9.95. The molecule has 3 heteroatoms. The van der Waals surface area contributed by atoms with Crippen LogP contribution in [0.15, 0.2) is 11.6 Å². The summed E-state index contributed by atoms with van der Waals surface area (Å²) in [6.07, 6.45) is 5.26. The zero-order chi connectivity index (χ0) is 8.55. The van der Waals surface area contributed by atoms with E-state index in [4.69, 9.17) is 4.74 Å². The Kier molecular flexibility index (Phi) is 1.89. The predicted molar refractivity (Wildman–Crippen MR) is 42.6 cm³/mol. The lowest BCUT2D eigenvalue weighted by Gasteiger charge is -2.07. The normalized spacial score (nSPS) is 35.9. The van der Waals surface area contributed by atoms with E-state index in [2.05, 4.69) is 4.74 Å². The molecule has 2 heterocycles. The van der Waals surface area contributed by atoms with E-state index < -0.39 is 0 Å². The Bertz CT molecular complexity index is 232. The summed E-state index contributed by atoms with van der Waals surface area (Å²) in [5.41, 5.74) is 1.11. The molecule has 0 spiro atoms. The highest BCUT2D eigenvalue weighted by Gasteiger charge is 2.36. The van der Waals surface area contributed by atoms with Crippen molar-refractivity contribution >= 4 is 5.97 Å². The zero-order valence-corrected chi connectivity index (χ0v) is 7.08. The van der Waals surface area contributed by atoms with E-state index >= 15 is 0 Å². The number of methoxy groups -OCH3 is 1. The molecule has 3 nitrogen and oxygen atoms in total. The first-order valence-corrected chi connectivity index (χ1v) is 4.23. The summed E-state index contributed by atoms with van der Waals surface area (Å²) in [4.78, 5) is 10.9. The average molecular weight is 168 g/mol. The van der Waals surface area contributed by atoms with E-state index in [9.17, 15) is 4.79 Å². The molecule has 0 aromatic heterocycles. The summed E-state index contributed by atoms with van der Waals surface area (Å²) >= 11 is 0. The number of hydrogen-bond donors (Lipinski definition) is 0. The summed E-state index contributed by atoms with van der Waals surface area (Å²) in [5.74, 6) is -0.263. The van der Waals surface area contributed by atoms with E-state index in [1.54, 1.807) is 6.08 Å². The second-order valence-electron chi connectivity index (χ2n) is 3.27. The molecule has 0 saturated carbocycles. The smallest absolute Gasteiger partial charge is 0.330 e. The van der Waals surface area contributed by atoms with Crippen molar-refractivity contribution in [2.24, 2.45) is 0 Å². The number of fused-ring (bicyclic) bond motifs is 2. The third-order valence-corrected chi connectivity index (χ3v) is 2.49. The van der Waals surface area contributed by atoms with Gasteiger partial charge in [0.1, 0.15) is 0 Å². The maximum atomic E-state index is 10.9. The number of ether oxygens (including phenoxy) is 2. The fourth-order valence-corrected chi connectivity index (χ4v) is 1.89. The molecular weight excluding hydrogens is 156 g/mol. The molecule has 0 aromatic carbocycles. The van der Waals surface area contributed by atoms with Crippen LogP contribution in [-0.2, 0) is 14.3 Å². The second-order valence-corrected chi connectivity index (χ2v) is 3.27. The van der Waals surface area contributed by atoms with Gasteiger partial charge in [-0.15, -0.1) is 0 Å². The van der Waals surface area contributed by atoms with Crippen molar-refractivity contribution in [3.63, 3.8) is 0 Å². The van der Waals surface area contributed by atoms with Gasteiger partial charge < -0.3 is 9.47 Å². The SMILES string of the molecule is COC(=O)/C=C1\C[C@H]2CC[C@@H]1O2. The molecule has 2 rings (SSSR count). The molecule has 2 aliphatic rings. The number of rotatable bonds is 1. The number of esters is 1. The van der Waals surface area contributed by atoms with E-state index in [-0.39, 0.29) is 12.1 Å². The van der Waals surface area contributed by atoms with Crippen LogP contribution in [0.3, 0.4) is 0 Å². The van der Waals surface area contributed by atoms with E-state index in [1.807, 2.05) is 0 Å². The van der Waals surface area contributed by atoms with Crippen molar-refractivity contribution in [3.8, 4) is 0 Å². The minimum atomic E-state index is -0.263. The lowest BCUT2D eigenvalue weighted by molar-refractivity contribution is -0.134. The summed E-state index contributed by atoms with van der Waals surface area (Å²) in [6.45, 7) is 0. The van der Waals surface area contributed by atoms with Gasteiger partial charge in [-0.25, -0.2) is 4.79 Å². The summed E-state index contributed by atoms with van der Waals surface area (Å²) < 4.78 is 10.1. The standard InChI is InChI=1S/C9H12O3/c1-11-9(10)5-6-4-7-2-3-8(6)12-7/h5,7-8H,2-4H2,1H3/b6-5+/t7-,8+/m1/s1. The monoisotopic (exact) mass is 168 g/mol. The summed E-state index contributed by atoms with van der Waals surface area (Å²) in [5, 5.41) is 0. The van der Waals surface area contributed by atoms with Crippen LogP contribution in [0.4, 0.5) is 0 Å². The molecular formula is C9H12O3. The quantitative estimate of drug-likeness (QED) is 0.433. The minimum absolute atomic E-state index is 0.203. The van der Waals surface area contributed by atoms with Crippen molar-refractivity contribution in [1.29, 1.82) is 0 Å². The van der Waals surface area contributed by atoms with Gasteiger partial charge in [0, 0.05) is 6.08 Å². The first-order chi connectivity index (χ1) is 5.79. The first-order valence-electron chi connectivity index (χ1n) is 4.23. The molecule has 0 unspecified atom stereocenters. The van der Waals surface area contributed by atoms with Crippen LogP contribution in [0, 0.1) is 0 Å². The number of hydrogen-bond acceptors (Lipinski definition) is 3. The van der Waals surface area contributed by atoms with Gasteiger partial charge in [-0.05, 0) is 24.8 Å². The van der Waals surface area contributed by atoms with Crippen LogP contribution in [0.1, 0.15) is 19.3 Å². The van der Waals surface area contributed by atoms with Crippen LogP contribution in [0.25, 0.3) is 0 Å². The van der Waals surface area contributed by atoms with Crippen molar-refractivity contribution in [2.75, 3.05) is 7.11 Å².